The highest BCUT2D eigenvalue weighted by Gasteiger charge is 2.34. The largest absolute Gasteiger partial charge is 0.478 e. The molecule has 0 aliphatic carbocycles. The highest BCUT2D eigenvalue weighted by Crippen LogP contribution is 2.50. The number of hydrogen-bond acceptors (Lipinski definition) is 12. The van der Waals surface area contributed by atoms with Crippen molar-refractivity contribution in [3.63, 3.8) is 0 Å². The number of carboxylic acid groups (broad SMARTS) is 8. The summed E-state index contributed by atoms with van der Waals surface area (Å²) in [4.78, 5) is 158. The number of carbonyl (C=O) groups is 12. The number of carbonyl (C=O) groups excluding carboxylic acids is 4. The van der Waals surface area contributed by atoms with Crippen LogP contribution in [-0.4, -0.2) is 112 Å². The number of benzene rings is 12. The van der Waals surface area contributed by atoms with Gasteiger partial charge in [-0.25, -0.2) is 38.4 Å². The Morgan fingerprint density at radius 2 is 0.371 bits per heavy atom. The minimum atomic E-state index is -1.46. The van der Waals surface area contributed by atoms with Gasteiger partial charge in [-0.3, -0.25) is 19.2 Å². The average molecular weight is 1560 g/mol. The number of nitrogens with one attached hydrogen (secondary N) is 4. The summed E-state index contributed by atoms with van der Waals surface area (Å²) in [5.74, 6) is -14.9. The van der Waals surface area contributed by atoms with Gasteiger partial charge < -0.3 is 62.1 Å². The minimum Gasteiger partial charge on any atom is -0.478 e. The Morgan fingerprint density at radius 1 is 0.207 bits per heavy atom. The standard InChI is InChI=1S/C92H78N4O20/c1-89(2,3)71-39-63(81(101)102)59(35-67(71)85(109)110)77(97)93-47-21-13-43(14-22-47)55-33-56(44-15-23-48(24-16-44)94-78(98)60-36-68(86(111)112)72(90(4,5)6)40-64(60)82(103)104)52-31-32-54-58(46-19-27-50(28-20-46)96-80(100)62-38-70(88(115)116)74(92(10,11)12)42-66(62)84(107)108)34-57(53-30-29-51(55)75(52)76(53)54)45-17-25-49(26-18-45)95-79(99)61-37-69(87(113)114)73(91(7,8)9)41-65(61)83(105)106/h13-42H,1-12H3,(H,93,97)(H,94,98)(H,95,99)(H,96,100)(H,101,102)(H,103,104)(H,105,106)(H,107,108)(H,109,110)(H,111,112)(H,113,114)(H,115,116). The molecule has 0 aliphatic rings. The van der Waals surface area contributed by atoms with Gasteiger partial charge in [-0.15, -0.1) is 0 Å². The summed E-state index contributed by atoms with van der Waals surface area (Å²) in [7, 11) is 0. The quantitative estimate of drug-likeness (QED) is 0.0315. The maximum atomic E-state index is 14.2. The van der Waals surface area contributed by atoms with Gasteiger partial charge in [0, 0.05) is 22.7 Å². The molecule has 12 aromatic carbocycles. The van der Waals surface area contributed by atoms with E-state index in [0.717, 1.165) is 24.3 Å². The molecule has 12 aromatic rings. The van der Waals surface area contributed by atoms with Gasteiger partial charge >= 0.3 is 47.8 Å². The summed E-state index contributed by atoms with van der Waals surface area (Å²) in [5.41, 5.74) is -1.17. The Bertz CT molecular complexity index is 5500. The molecule has 0 heterocycles. The normalized spacial score (nSPS) is 11.8. The van der Waals surface area contributed by atoms with E-state index in [1.807, 2.05) is 36.4 Å². The fourth-order valence-corrected chi connectivity index (χ4v) is 14.7. The Labute approximate surface area is 663 Å². The molecule has 0 saturated heterocycles. The van der Waals surface area contributed by atoms with Crippen molar-refractivity contribution in [3.8, 4) is 44.5 Å². The second kappa shape index (κ2) is 30.1. The number of carboxylic acids is 8. The zero-order valence-electron chi connectivity index (χ0n) is 64.8. The molecule has 0 atom stereocenters. The molecule has 24 heteroatoms. The molecular formula is C92H78N4O20. The van der Waals surface area contributed by atoms with Crippen LogP contribution in [-0.2, 0) is 21.7 Å². The lowest BCUT2D eigenvalue weighted by Crippen LogP contribution is -2.22. The van der Waals surface area contributed by atoms with Crippen LogP contribution in [0.25, 0.3) is 76.8 Å². The van der Waals surface area contributed by atoms with E-state index in [9.17, 15) is 98.4 Å². The van der Waals surface area contributed by atoms with Gasteiger partial charge in [0.05, 0.1) is 66.8 Å². The number of amides is 4. The van der Waals surface area contributed by atoms with Gasteiger partial charge in [0.1, 0.15) is 0 Å². The fourth-order valence-electron chi connectivity index (χ4n) is 14.7. The van der Waals surface area contributed by atoms with E-state index in [2.05, 4.69) is 21.3 Å². The third-order valence-corrected chi connectivity index (χ3v) is 20.4. The smallest absolute Gasteiger partial charge is 0.336 e. The Balaban J connectivity index is 1.03. The topological polar surface area (TPSA) is 415 Å². The molecule has 0 aromatic heterocycles. The summed E-state index contributed by atoms with van der Waals surface area (Å²) >= 11 is 0. The first-order chi connectivity index (χ1) is 54.3. The molecule has 586 valence electrons. The van der Waals surface area contributed by atoms with Crippen molar-refractivity contribution in [2.45, 2.75) is 105 Å². The fraction of sp³-hybridized carbons (Fsp3) is 0.174. The average Bonchev–Trinajstić information content (AvgIpc) is 0.708. The summed E-state index contributed by atoms with van der Waals surface area (Å²) in [5, 5.41) is 97.7. The van der Waals surface area contributed by atoms with Gasteiger partial charge in [0.2, 0.25) is 0 Å². The third kappa shape index (κ3) is 15.7. The van der Waals surface area contributed by atoms with Crippen molar-refractivity contribution >= 4 is 126 Å². The molecule has 0 spiro atoms. The van der Waals surface area contributed by atoms with E-state index >= 15 is 0 Å². The Hall–Kier alpha value is -14.7. The summed E-state index contributed by atoms with van der Waals surface area (Å²) < 4.78 is 0. The first-order valence-electron chi connectivity index (χ1n) is 36.4. The Morgan fingerprint density at radius 3 is 0.517 bits per heavy atom. The summed E-state index contributed by atoms with van der Waals surface area (Å²) in [6, 6.07) is 47.1. The van der Waals surface area contributed by atoms with Crippen molar-refractivity contribution < 1.29 is 98.4 Å². The van der Waals surface area contributed by atoms with Crippen LogP contribution in [0.15, 0.2) is 182 Å². The highest BCUT2D eigenvalue weighted by atomic mass is 16.4. The number of aromatic carboxylic acids is 8. The van der Waals surface area contributed by atoms with Gasteiger partial charge in [-0.05, 0) is 230 Å². The molecule has 0 bridgehead atoms. The van der Waals surface area contributed by atoms with Crippen molar-refractivity contribution in [3.05, 3.63) is 271 Å². The number of hydrogen-bond donors (Lipinski definition) is 12. The van der Waals surface area contributed by atoms with E-state index in [1.165, 1.54) is 24.3 Å². The summed E-state index contributed by atoms with van der Waals surface area (Å²) in [6.45, 7) is 20.6. The Kier molecular flexibility index (Phi) is 21.0. The van der Waals surface area contributed by atoms with Crippen molar-refractivity contribution in [2.24, 2.45) is 0 Å². The first-order valence-corrected chi connectivity index (χ1v) is 36.4. The lowest BCUT2D eigenvalue weighted by Gasteiger charge is -2.23. The molecule has 24 nitrogen and oxygen atoms in total. The molecule has 12 N–H and O–H groups in total. The van der Waals surface area contributed by atoms with Gasteiger partial charge in [0.15, 0.2) is 0 Å². The van der Waals surface area contributed by atoms with Crippen LogP contribution in [0.2, 0.25) is 0 Å². The molecule has 4 amide bonds. The molecule has 0 fully saturated rings. The van der Waals surface area contributed by atoms with Crippen molar-refractivity contribution in [1.29, 1.82) is 0 Å². The lowest BCUT2D eigenvalue weighted by molar-refractivity contribution is 0.0677. The van der Waals surface area contributed by atoms with Crippen LogP contribution >= 0.6 is 0 Å². The van der Waals surface area contributed by atoms with Crippen LogP contribution < -0.4 is 21.3 Å². The first kappa shape index (κ1) is 80.8. The van der Waals surface area contributed by atoms with Gasteiger partial charge in [-0.1, -0.05) is 156 Å². The molecule has 0 aliphatic heterocycles. The predicted octanol–water partition coefficient (Wildman–Crippen LogP) is 19.0. The number of rotatable bonds is 20. The molecule has 116 heavy (non-hydrogen) atoms. The van der Waals surface area contributed by atoms with Gasteiger partial charge in [-0.2, -0.15) is 0 Å². The highest BCUT2D eigenvalue weighted by molar-refractivity contribution is 6.32. The molecule has 0 saturated carbocycles. The number of anilines is 4. The van der Waals surface area contributed by atoms with Crippen molar-refractivity contribution in [1.82, 2.24) is 0 Å². The van der Waals surface area contributed by atoms with Crippen molar-refractivity contribution in [2.75, 3.05) is 21.3 Å². The molecular weight excluding hydrogens is 1480 g/mol. The molecule has 12 rings (SSSR count). The van der Waals surface area contributed by atoms with Crippen LogP contribution in [0.5, 0.6) is 0 Å². The molecule has 0 radical (unpaired) electrons. The third-order valence-electron chi connectivity index (χ3n) is 20.4. The molecule has 0 unspecified atom stereocenters. The maximum absolute atomic E-state index is 14.2. The van der Waals surface area contributed by atoms with E-state index < -0.39 is 138 Å². The predicted molar refractivity (Wildman–Crippen MR) is 440 cm³/mol. The minimum absolute atomic E-state index is 0.199. The second-order valence-electron chi connectivity index (χ2n) is 32.4. The van der Waals surface area contributed by atoms with Crippen LogP contribution in [0, 0.1) is 0 Å². The van der Waals surface area contributed by atoms with Crippen LogP contribution in [0.3, 0.4) is 0 Å². The van der Waals surface area contributed by atoms with E-state index in [-0.39, 0.29) is 67.3 Å². The second-order valence-corrected chi connectivity index (χ2v) is 32.4. The van der Waals surface area contributed by atoms with E-state index in [4.69, 9.17) is 0 Å². The lowest BCUT2D eigenvalue weighted by atomic mass is 9.81. The monoisotopic (exact) mass is 1560 g/mol. The zero-order valence-corrected chi connectivity index (χ0v) is 64.8. The maximum Gasteiger partial charge on any atom is 0.336 e. The van der Waals surface area contributed by atoms with E-state index in [0.29, 0.717) is 76.8 Å². The summed E-state index contributed by atoms with van der Waals surface area (Å²) in [6.07, 6.45) is 0. The van der Waals surface area contributed by atoms with Gasteiger partial charge in [0.25, 0.3) is 23.6 Å². The van der Waals surface area contributed by atoms with E-state index in [1.54, 1.807) is 180 Å². The van der Waals surface area contributed by atoms with Crippen LogP contribution in [0.4, 0.5) is 22.7 Å². The SMILES string of the molecule is CC(C)(C)c1cc(C(=O)O)c(C(=O)Nc2ccc(-c3cc(-c4ccc(NC(=O)c5cc(C(=O)O)c(C(C)(C)C)cc5C(=O)O)cc4)c4ccc5c(-c6ccc(NC(=O)c7cc(C(=O)O)c(C(C)(C)C)cc7C(=O)O)cc6)cc(-c6ccc(NC(=O)c7cc(C(=O)O)c(C(C)(C)C)cc7C(=O)O)cc6)c6ccc3c4c65)cc2)cc1C(=O)O. The zero-order chi connectivity index (χ0) is 84.6. The van der Waals surface area contributed by atoms with Crippen LogP contribution in [0.1, 0.15) is 230 Å².